The zero-order chi connectivity index (χ0) is 17.9. The summed E-state index contributed by atoms with van der Waals surface area (Å²) in [5, 5.41) is 23.4. The maximum atomic E-state index is 12.2. The Labute approximate surface area is 136 Å². The van der Waals surface area contributed by atoms with Crippen molar-refractivity contribution in [3.05, 3.63) is 57.0 Å². The summed E-state index contributed by atoms with van der Waals surface area (Å²) >= 11 is 0. The van der Waals surface area contributed by atoms with Gasteiger partial charge in [-0.2, -0.15) is 19.1 Å². The van der Waals surface area contributed by atoms with Gasteiger partial charge in [0.15, 0.2) is 0 Å². The Kier molecular flexibility index (Phi) is 5.26. The van der Waals surface area contributed by atoms with Crippen molar-refractivity contribution in [2.45, 2.75) is 33.1 Å². The predicted octanol–water partition coefficient (Wildman–Crippen LogP) is 2.07. The van der Waals surface area contributed by atoms with Gasteiger partial charge in [-0.15, -0.1) is 0 Å². The molecule has 6 nitrogen and oxygen atoms in total. The molecular formula is C16H15F2N3O3. The zero-order valence-corrected chi connectivity index (χ0v) is 13.0. The molecule has 0 radical (unpaired) electrons. The lowest BCUT2D eigenvalue weighted by atomic mass is 10.1. The van der Waals surface area contributed by atoms with Crippen molar-refractivity contribution >= 4 is 0 Å². The summed E-state index contributed by atoms with van der Waals surface area (Å²) in [5.74, 6) is -0.0332. The highest BCUT2D eigenvalue weighted by molar-refractivity contribution is 5.36. The maximum Gasteiger partial charge on any atom is 0.387 e. The number of ether oxygens (including phenoxy) is 1. The van der Waals surface area contributed by atoms with Crippen LogP contribution in [0.3, 0.4) is 0 Å². The Morgan fingerprint density at radius 2 is 1.96 bits per heavy atom. The van der Waals surface area contributed by atoms with Gasteiger partial charge in [0.25, 0.3) is 5.56 Å². The third-order valence-corrected chi connectivity index (χ3v) is 3.58. The van der Waals surface area contributed by atoms with Gasteiger partial charge in [-0.3, -0.25) is 4.79 Å². The van der Waals surface area contributed by atoms with Crippen LogP contribution in [0.1, 0.15) is 28.5 Å². The average molecular weight is 335 g/mol. The van der Waals surface area contributed by atoms with Gasteiger partial charge in [0.2, 0.25) is 0 Å². The van der Waals surface area contributed by atoms with E-state index in [9.17, 15) is 18.7 Å². The van der Waals surface area contributed by atoms with Gasteiger partial charge in [-0.25, -0.2) is 4.68 Å². The van der Waals surface area contributed by atoms with Crippen LogP contribution >= 0.6 is 0 Å². The van der Waals surface area contributed by atoms with Crippen LogP contribution < -0.4 is 10.3 Å². The first-order valence-corrected chi connectivity index (χ1v) is 7.04. The van der Waals surface area contributed by atoms with E-state index < -0.39 is 18.3 Å². The van der Waals surface area contributed by atoms with Gasteiger partial charge in [0.1, 0.15) is 17.4 Å². The van der Waals surface area contributed by atoms with Crippen molar-refractivity contribution in [3.8, 4) is 11.8 Å². The molecule has 0 aliphatic carbocycles. The summed E-state index contributed by atoms with van der Waals surface area (Å²) in [5.41, 5.74) is 0.815. The van der Waals surface area contributed by atoms with Crippen LogP contribution in [0.2, 0.25) is 0 Å². The summed E-state index contributed by atoms with van der Waals surface area (Å²) < 4.78 is 29.5. The quantitative estimate of drug-likeness (QED) is 0.904. The molecule has 0 saturated heterocycles. The lowest BCUT2D eigenvalue weighted by molar-refractivity contribution is -0.0498. The molecule has 0 aliphatic heterocycles. The molecule has 1 N–H and O–H groups in total. The first kappa shape index (κ1) is 17.6. The largest absolute Gasteiger partial charge is 0.435 e. The summed E-state index contributed by atoms with van der Waals surface area (Å²) in [4.78, 5) is 12.2. The molecule has 0 saturated carbocycles. The molecule has 24 heavy (non-hydrogen) atoms. The van der Waals surface area contributed by atoms with Crippen LogP contribution in [0.4, 0.5) is 8.78 Å². The zero-order valence-electron chi connectivity index (χ0n) is 13.0. The number of nitrogens with zero attached hydrogens (tertiary/aromatic N) is 3. The van der Waals surface area contributed by atoms with Crippen LogP contribution in [-0.2, 0) is 6.54 Å². The first-order chi connectivity index (χ1) is 11.3. The lowest BCUT2D eigenvalue weighted by Gasteiger charge is -2.14. The van der Waals surface area contributed by atoms with Crippen LogP contribution in [0.5, 0.6) is 5.75 Å². The smallest absolute Gasteiger partial charge is 0.387 e. The van der Waals surface area contributed by atoms with E-state index in [-0.39, 0.29) is 17.9 Å². The monoisotopic (exact) mass is 335 g/mol. The van der Waals surface area contributed by atoms with Gasteiger partial charge in [-0.05, 0) is 37.1 Å². The molecule has 0 spiro atoms. The van der Waals surface area contributed by atoms with Crippen LogP contribution in [-0.4, -0.2) is 21.5 Å². The second-order valence-corrected chi connectivity index (χ2v) is 5.15. The number of aryl methyl sites for hydroxylation is 1. The van der Waals surface area contributed by atoms with Gasteiger partial charge >= 0.3 is 6.61 Å². The van der Waals surface area contributed by atoms with Gasteiger partial charge in [-0.1, -0.05) is 12.1 Å². The number of nitriles is 1. The van der Waals surface area contributed by atoms with Crippen LogP contribution in [0.15, 0.2) is 29.1 Å². The predicted molar refractivity (Wildman–Crippen MR) is 80.7 cm³/mol. The second kappa shape index (κ2) is 7.19. The Morgan fingerprint density at radius 3 is 2.50 bits per heavy atom. The summed E-state index contributed by atoms with van der Waals surface area (Å²) in [7, 11) is 0. The highest BCUT2D eigenvalue weighted by Crippen LogP contribution is 2.20. The molecule has 1 aromatic carbocycles. The average Bonchev–Trinajstić information content (AvgIpc) is 2.53. The normalized spacial score (nSPS) is 12.0. The Morgan fingerprint density at radius 1 is 1.33 bits per heavy atom. The number of aliphatic hydroxyl groups is 1. The highest BCUT2D eigenvalue weighted by Gasteiger charge is 2.16. The SMILES string of the molecule is Cc1nn(CC(O)c2ccc(OC(F)F)cc2)c(=O)c(C#N)c1C. The summed E-state index contributed by atoms with van der Waals surface area (Å²) in [6, 6.07) is 7.26. The molecule has 0 amide bonds. The highest BCUT2D eigenvalue weighted by atomic mass is 19.3. The number of benzene rings is 1. The molecule has 1 atom stereocenters. The molecule has 2 aromatic rings. The Bertz CT molecular complexity index is 826. The number of aliphatic hydroxyl groups excluding tert-OH is 1. The fourth-order valence-electron chi connectivity index (χ4n) is 2.17. The molecular weight excluding hydrogens is 320 g/mol. The molecule has 0 bridgehead atoms. The minimum Gasteiger partial charge on any atom is -0.435 e. The molecule has 1 unspecified atom stereocenters. The number of rotatable bonds is 5. The fourth-order valence-corrected chi connectivity index (χ4v) is 2.17. The van der Waals surface area contributed by atoms with Crippen molar-refractivity contribution in [2.24, 2.45) is 0 Å². The van der Waals surface area contributed by atoms with E-state index in [4.69, 9.17) is 5.26 Å². The molecule has 0 fully saturated rings. The van der Waals surface area contributed by atoms with Crippen molar-refractivity contribution in [2.75, 3.05) is 0 Å². The van der Waals surface area contributed by atoms with Crippen molar-refractivity contribution in [1.29, 1.82) is 5.26 Å². The van der Waals surface area contributed by atoms with Crippen LogP contribution in [0.25, 0.3) is 0 Å². The summed E-state index contributed by atoms with van der Waals surface area (Å²) in [6.45, 7) is 0.201. The second-order valence-electron chi connectivity index (χ2n) is 5.15. The fraction of sp³-hybridized carbons (Fsp3) is 0.312. The molecule has 8 heteroatoms. The van der Waals surface area contributed by atoms with E-state index in [1.165, 1.54) is 24.3 Å². The van der Waals surface area contributed by atoms with E-state index in [0.29, 0.717) is 16.8 Å². The minimum absolute atomic E-state index is 0.0182. The number of hydrogen-bond acceptors (Lipinski definition) is 5. The number of hydrogen-bond donors (Lipinski definition) is 1. The Hall–Kier alpha value is -2.79. The van der Waals surface area contributed by atoms with E-state index in [0.717, 1.165) is 4.68 Å². The van der Waals surface area contributed by atoms with E-state index >= 15 is 0 Å². The van der Waals surface area contributed by atoms with Crippen molar-refractivity contribution in [3.63, 3.8) is 0 Å². The van der Waals surface area contributed by atoms with E-state index in [2.05, 4.69) is 9.84 Å². The molecule has 126 valence electrons. The minimum atomic E-state index is -2.93. The van der Waals surface area contributed by atoms with E-state index in [1.54, 1.807) is 13.8 Å². The number of halogens is 2. The number of alkyl halides is 2. The molecule has 1 aromatic heterocycles. The summed E-state index contributed by atoms with van der Waals surface area (Å²) in [6.07, 6.45) is -1.09. The van der Waals surface area contributed by atoms with Crippen molar-refractivity contribution < 1.29 is 18.6 Å². The van der Waals surface area contributed by atoms with Crippen LogP contribution in [0, 0.1) is 25.2 Å². The van der Waals surface area contributed by atoms with E-state index in [1.807, 2.05) is 6.07 Å². The van der Waals surface area contributed by atoms with Crippen molar-refractivity contribution in [1.82, 2.24) is 9.78 Å². The molecule has 2 rings (SSSR count). The topological polar surface area (TPSA) is 88.1 Å². The molecule has 1 heterocycles. The number of aromatic nitrogens is 2. The third-order valence-electron chi connectivity index (χ3n) is 3.58. The van der Waals surface area contributed by atoms with Gasteiger partial charge < -0.3 is 9.84 Å². The maximum absolute atomic E-state index is 12.2. The standard InChI is InChI=1S/C16H15F2N3O3/c1-9-10(2)20-21(15(23)13(9)7-19)8-14(22)11-3-5-12(6-4-11)24-16(17)18/h3-6,14,16,22H,8H2,1-2H3. The Balaban J connectivity index is 2.24. The van der Waals surface area contributed by atoms with Gasteiger partial charge in [0.05, 0.1) is 18.3 Å². The lowest BCUT2D eigenvalue weighted by Crippen LogP contribution is -2.29. The molecule has 0 aliphatic rings. The van der Waals surface area contributed by atoms with Gasteiger partial charge in [0, 0.05) is 0 Å². The first-order valence-electron chi connectivity index (χ1n) is 7.04. The third kappa shape index (κ3) is 3.75.